The Bertz CT molecular complexity index is 1300. The van der Waals surface area contributed by atoms with Gasteiger partial charge in [-0.05, 0) is 55.7 Å². The molecule has 15 nitrogen and oxygen atoms in total. The van der Waals surface area contributed by atoms with Gasteiger partial charge < -0.3 is 10.5 Å². The molecule has 1 saturated heterocycles. The van der Waals surface area contributed by atoms with Crippen LogP contribution >= 0.6 is 0 Å². The standard InChI is InChI=1S/C21H26N10O5/c1-12-6-4-5-9-29(12)11-16-18(24-28-30(16)20-19(22)26-36-27-20)21(32)25-23-13(2)14-7-8-17(35-3)15(10-14)31(33)34/h7-8,10,12H,4-6,9,11H2,1-3H3,(H2,22,26)(H,25,32)/b23-13+/t12-/m1/s1. The summed E-state index contributed by atoms with van der Waals surface area (Å²) in [7, 11) is 1.35. The van der Waals surface area contributed by atoms with Gasteiger partial charge in [0.25, 0.3) is 5.91 Å². The van der Waals surface area contributed by atoms with Crippen LogP contribution < -0.4 is 15.9 Å². The van der Waals surface area contributed by atoms with E-state index in [9.17, 15) is 14.9 Å². The van der Waals surface area contributed by atoms with Crippen LogP contribution in [-0.2, 0) is 6.54 Å². The molecule has 15 heteroatoms. The zero-order valence-corrected chi connectivity index (χ0v) is 20.0. The molecule has 0 radical (unpaired) electrons. The summed E-state index contributed by atoms with van der Waals surface area (Å²) in [6.45, 7) is 4.96. The maximum Gasteiger partial charge on any atom is 0.311 e. The quantitative estimate of drug-likeness (QED) is 0.261. The number of aromatic nitrogens is 5. The third-order valence-corrected chi connectivity index (χ3v) is 6.09. The highest BCUT2D eigenvalue weighted by Crippen LogP contribution is 2.28. The normalized spacial score (nSPS) is 16.6. The van der Waals surface area contributed by atoms with E-state index in [1.165, 1.54) is 23.9 Å². The molecule has 1 atom stereocenters. The van der Waals surface area contributed by atoms with Gasteiger partial charge in [-0.15, -0.1) is 5.10 Å². The van der Waals surface area contributed by atoms with Crippen molar-refractivity contribution in [3.8, 4) is 11.6 Å². The van der Waals surface area contributed by atoms with Crippen LogP contribution in [0.25, 0.3) is 5.82 Å². The molecule has 36 heavy (non-hydrogen) atoms. The predicted molar refractivity (Wildman–Crippen MR) is 127 cm³/mol. The summed E-state index contributed by atoms with van der Waals surface area (Å²) in [5.41, 5.74) is 9.38. The van der Waals surface area contributed by atoms with E-state index in [-0.39, 0.29) is 28.8 Å². The molecule has 1 aliphatic rings. The molecule has 1 amide bonds. The van der Waals surface area contributed by atoms with Crippen molar-refractivity contribution >= 4 is 23.1 Å². The van der Waals surface area contributed by atoms with Crippen molar-refractivity contribution in [3.05, 3.63) is 45.3 Å². The Hall–Kier alpha value is -4.40. The molecule has 3 heterocycles. The highest BCUT2D eigenvalue weighted by Gasteiger charge is 2.28. The van der Waals surface area contributed by atoms with E-state index in [2.05, 4.69) is 43.0 Å². The Labute approximate surface area is 205 Å². The minimum Gasteiger partial charge on any atom is -0.490 e. The summed E-state index contributed by atoms with van der Waals surface area (Å²) in [6, 6.07) is 4.70. The van der Waals surface area contributed by atoms with E-state index < -0.39 is 10.8 Å². The first kappa shape index (κ1) is 24.7. The molecule has 3 N–H and O–H groups in total. The Morgan fingerprint density at radius 1 is 1.39 bits per heavy atom. The summed E-state index contributed by atoms with van der Waals surface area (Å²) >= 11 is 0. The van der Waals surface area contributed by atoms with Gasteiger partial charge in [0.2, 0.25) is 11.6 Å². The van der Waals surface area contributed by atoms with Crippen LogP contribution in [0.4, 0.5) is 11.5 Å². The maximum atomic E-state index is 13.1. The molecule has 1 aliphatic heterocycles. The molecular formula is C21H26N10O5. The Morgan fingerprint density at radius 2 is 2.19 bits per heavy atom. The number of ether oxygens (including phenoxy) is 1. The maximum absolute atomic E-state index is 13.1. The van der Waals surface area contributed by atoms with E-state index in [1.807, 2.05) is 0 Å². The third kappa shape index (κ3) is 5.00. The fraction of sp³-hybridized carbons (Fsp3) is 0.429. The first-order chi connectivity index (χ1) is 17.3. The number of amides is 1. The molecule has 0 spiro atoms. The van der Waals surface area contributed by atoms with E-state index in [0.717, 1.165) is 25.8 Å². The van der Waals surface area contributed by atoms with E-state index in [4.69, 9.17) is 15.1 Å². The molecule has 190 valence electrons. The highest BCUT2D eigenvalue weighted by molar-refractivity contribution is 6.01. The fourth-order valence-corrected chi connectivity index (χ4v) is 4.02. The number of piperidine rings is 1. The van der Waals surface area contributed by atoms with Crippen LogP contribution in [-0.4, -0.2) is 66.4 Å². The van der Waals surface area contributed by atoms with Crippen molar-refractivity contribution in [2.75, 3.05) is 19.4 Å². The molecule has 0 bridgehead atoms. The first-order valence-electron chi connectivity index (χ1n) is 11.2. The van der Waals surface area contributed by atoms with Crippen LogP contribution in [0.1, 0.15) is 54.9 Å². The molecule has 1 aromatic carbocycles. The Morgan fingerprint density at radius 3 is 2.86 bits per heavy atom. The van der Waals surface area contributed by atoms with Crippen molar-refractivity contribution in [1.82, 2.24) is 35.6 Å². The van der Waals surface area contributed by atoms with Gasteiger partial charge in [0, 0.05) is 24.2 Å². The van der Waals surface area contributed by atoms with Crippen LogP contribution in [0.15, 0.2) is 27.9 Å². The number of anilines is 1. The lowest BCUT2D eigenvalue weighted by molar-refractivity contribution is -0.385. The van der Waals surface area contributed by atoms with Gasteiger partial charge in [-0.2, -0.15) is 9.78 Å². The average molecular weight is 499 g/mol. The largest absolute Gasteiger partial charge is 0.490 e. The molecule has 4 rings (SSSR count). The number of carbonyl (C=O) groups is 1. The topological polar surface area (TPSA) is 193 Å². The molecular weight excluding hydrogens is 472 g/mol. The lowest BCUT2D eigenvalue weighted by atomic mass is 10.0. The number of benzene rings is 1. The minimum atomic E-state index is -0.613. The van der Waals surface area contributed by atoms with Gasteiger partial charge in [-0.3, -0.25) is 19.8 Å². The number of nitrogens with two attached hydrogens (primary N) is 1. The van der Waals surface area contributed by atoms with Crippen LogP contribution in [0.3, 0.4) is 0 Å². The Kier molecular flexibility index (Phi) is 7.19. The third-order valence-electron chi connectivity index (χ3n) is 6.09. The zero-order valence-electron chi connectivity index (χ0n) is 20.0. The van der Waals surface area contributed by atoms with Gasteiger partial charge in [0.05, 0.1) is 23.4 Å². The number of carbonyl (C=O) groups excluding carboxylic acids is 1. The molecule has 2 aromatic heterocycles. The summed E-state index contributed by atoms with van der Waals surface area (Å²) in [6.07, 6.45) is 3.22. The fourth-order valence-electron chi connectivity index (χ4n) is 4.02. The second-order valence-electron chi connectivity index (χ2n) is 8.37. The summed E-state index contributed by atoms with van der Waals surface area (Å²) in [4.78, 5) is 26.1. The lowest BCUT2D eigenvalue weighted by Gasteiger charge is -2.33. The first-order valence-corrected chi connectivity index (χ1v) is 11.2. The summed E-state index contributed by atoms with van der Waals surface area (Å²) in [5, 5.41) is 30.9. The predicted octanol–water partition coefficient (Wildman–Crippen LogP) is 1.68. The van der Waals surface area contributed by atoms with E-state index in [0.29, 0.717) is 29.6 Å². The van der Waals surface area contributed by atoms with Crippen LogP contribution in [0.5, 0.6) is 5.75 Å². The number of nitrogens with one attached hydrogen (secondary N) is 1. The number of nitro groups is 1. The van der Waals surface area contributed by atoms with Crippen molar-refractivity contribution in [3.63, 3.8) is 0 Å². The number of hydrazone groups is 1. The van der Waals surface area contributed by atoms with Gasteiger partial charge >= 0.3 is 5.69 Å². The number of hydrogen-bond donors (Lipinski definition) is 2. The number of nitro benzene ring substituents is 1. The van der Waals surface area contributed by atoms with Crippen LogP contribution in [0, 0.1) is 10.1 Å². The van der Waals surface area contributed by atoms with E-state index >= 15 is 0 Å². The van der Waals surface area contributed by atoms with Crippen molar-refractivity contribution in [2.24, 2.45) is 5.10 Å². The van der Waals surface area contributed by atoms with Crippen LogP contribution in [0.2, 0.25) is 0 Å². The molecule has 1 fully saturated rings. The number of rotatable bonds is 8. The van der Waals surface area contributed by atoms with Gasteiger partial charge in [-0.25, -0.2) is 10.1 Å². The number of methoxy groups -OCH3 is 1. The second kappa shape index (κ2) is 10.5. The summed E-state index contributed by atoms with van der Waals surface area (Å²) in [5.74, 6) is -0.352. The number of hydrogen-bond acceptors (Lipinski definition) is 12. The van der Waals surface area contributed by atoms with Crippen molar-refractivity contribution in [2.45, 2.75) is 45.7 Å². The molecule has 0 unspecified atom stereocenters. The number of nitrogen functional groups attached to an aromatic ring is 1. The highest BCUT2D eigenvalue weighted by atomic mass is 16.6. The number of nitrogens with zero attached hydrogens (tertiary/aromatic N) is 8. The minimum absolute atomic E-state index is 0.00904. The molecule has 0 saturated carbocycles. The van der Waals surface area contributed by atoms with Gasteiger partial charge in [0.1, 0.15) is 0 Å². The number of likely N-dealkylation sites (tertiary alicyclic amines) is 1. The lowest BCUT2D eigenvalue weighted by Crippen LogP contribution is -2.38. The van der Waals surface area contributed by atoms with Gasteiger partial charge in [0.15, 0.2) is 11.4 Å². The average Bonchev–Trinajstić information content (AvgIpc) is 3.48. The molecule has 3 aromatic rings. The smallest absolute Gasteiger partial charge is 0.311 e. The second-order valence-corrected chi connectivity index (χ2v) is 8.37. The van der Waals surface area contributed by atoms with Crippen molar-refractivity contribution < 1.29 is 19.1 Å². The van der Waals surface area contributed by atoms with Gasteiger partial charge in [-0.1, -0.05) is 11.6 Å². The Balaban J connectivity index is 1.61. The molecule has 0 aliphatic carbocycles. The SMILES string of the molecule is COc1ccc(/C(C)=N/NC(=O)c2nnn(-c3nonc3N)c2CN2CCCC[C@H]2C)cc1[N+](=O)[O-]. The zero-order chi connectivity index (χ0) is 25.8. The van der Waals surface area contributed by atoms with Crippen molar-refractivity contribution in [1.29, 1.82) is 0 Å². The monoisotopic (exact) mass is 498 g/mol. The summed E-state index contributed by atoms with van der Waals surface area (Å²) < 4.78 is 11.1. The van der Waals surface area contributed by atoms with E-state index in [1.54, 1.807) is 13.0 Å².